The second-order valence-electron chi connectivity index (χ2n) is 7.24. The zero-order chi connectivity index (χ0) is 20.2. The van der Waals surface area contributed by atoms with Crippen LogP contribution in [0.25, 0.3) is 10.9 Å². The summed E-state index contributed by atoms with van der Waals surface area (Å²) in [4.78, 5) is 29.3. The molecular weight excluding hydrogens is 366 g/mol. The first-order valence-electron chi connectivity index (χ1n) is 9.99. The molecule has 0 unspecified atom stereocenters. The Balaban J connectivity index is 1.19. The lowest BCUT2D eigenvalue weighted by molar-refractivity contribution is 0.0651. The van der Waals surface area contributed by atoms with Gasteiger partial charge in [0, 0.05) is 23.6 Å². The second kappa shape index (κ2) is 8.49. The van der Waals surface area contributed by atoms with Crippen LogP contribution in [0.3, 0.4) is 0 Å². The molecule has 1 aliphatic rings. The maximum Gasteiger partial charge on any atom is 0.261 e. The van der Waals surface area contributed by atoms with Crippen LogP contribution in [0.4, 0.5) is 0 Å². The highest BCUT2D eigenvalue weighted by atomic mass is 16.5. The molecule has 2 N–H and O–H groups in total. The number of aromatic nitrogens is 1. The molecule has 4 rings (SSSR count). The molecular formula is C23H25N3O3. The number of methoxy groups -OCH3 is 1. The third-order valence-corrected chi connectivity index (χ3v) is 5.41. The monoisotopic (exact) mass is 391 g/mol. The summed E-state index contributed by atoms with van der Waals surface area (Å²) in [6.45, 7) is 2.20. The van der Waals surface area contributed by atoms with Crippen LogP contribution >= 0.6 is 0 Å². The number of nitrogens with zero attached hydrogens (tertiary/aromatic N) is 1. The van der Waals surface area contributed by atoms with Crippen LogP contribution < -0.4 is 10.1 Å². The molecule has 1 aliphatic heterocycles. The lowest BCUT2D eigenvalue weighted by atomic mass is 10.1. The molecule has 0 fully saturated rings. The van der Waals surface area contributed by atoms with E-state index in [2.05, 4.69) is 16.4 Å². The Morgan fingerprint density at radius 1 is 1.00 bits per heavy atom. The molecule has 0 spiro atoms. The fourth-order valence-corrected chi connectivity index (χ4v) is 3.80. The number of hydrogen-bond acceptors (Lipinski definition) is 4. The van der Waals surface area contributed by atoms with Crippen LogP contribution in [-0.2, 0) is 6.42 Å². The van der Waals surface area contributed by atoms with Gasteiger partial charge < -0.3 is 15.0 Å². The smallest absolute Gasteiger partial charge is 0.261 e. The number of nitrogens with one attached hydrogen (secondary N) is 2. The summed E-state index contributed by atoms with van der Waals surface area (Å²) in [6.07, 6.45) is 4.68. The van der Waals surface area contributed by atoms with Crippen molar-refractivity contribution >= 4 is 22.7 Å². The van der Waals surface area contributed by atoms with Gasteiger partial charge in [0.05, 0.1) is 18.2 Å². The van der Waals surface area contributed by atoms with Gasteiger partial charge in [-0.15, -0.1) is 0 Å². The van der Waals surface area contributed by atoms with Crippen LogP contribution in [0.1, 0.15) is 39.1 Å². The van der Waals surface area contributed by atoms with Crippen molar-refractivity contribution in [3.63, 3.8) is 0 Å². The molecule has 2 heterocycles. The molecule has 6 heteroatoms. The fourth-order valence-electron chi connectivity index (χ4n) is 3.80. The van der Waals surface area contributed by atoms with Gasteiger partial charge in [0.15, 0.2) is 0 Å². The number of carbonyl (C=O) groups excluding carboxylic acids is 2. The molecule has 0 saturated carbocycles. The summed E-state index contributed by atoms with van der Waals surface area (Å²) in [5.74, 6) is 0.515. The maximum absolute atomic E-state index is 12.3. The summed E-state index contributed by atoms with van der Waals surface area (Å²) in [5.41, 5.74) is 3.41. The number of ether oxygens (including phenoxy) is 1. The lowest BCUT2D eigenvalue weighted by Crippen LogP contribution is -2.31. The number of rotatable bonds is 9. The Morgan fingerprint density at radius 2 is 1.76 bits per heavy atom. The molecule has 29 heavy (non-hydrogen) atoms. The minimum Gasteiger partial charge on any atom is -0.497 e. The topological polar surface area (TPSA) is 74.4 Å². The number of aromatic amines is 1. The first kappa shape index (κ1) is 19.2. The molecule has 0 aliphatic carbocycles. The third-order valence-electron chi connectivity index (χ3n) is 5.41. The number of hydrogen-bond donors (Lipinski definition) is 2. The normalized spacial score (nSPS) is 13.3. The van der Waals surface area contributed by atoms with Crippen molar-refractivity contribution < 1.29 is 14.3 Å². The van der Waals surface area contributed by atoms with Gasteiger partial charge in [0.1, 0.15) is 5.75 Å². The summed E-state index contributed by atoms with van der Waals surface area (Å²) in [5, 5.41) is 4.64. The largest absolute Gasteiger partial charge is 0.497 e. The predicted octanol–water partition coefficient (Wildman–Crippen LogP) is 3.39. The minimum absolute atomic E-state index is 0.173. The average molecular weight is 391 g/mol. The summed E-state index contributed by atoms with van der Waals surface area (Å²) in [6, 6.07) is 13.1. The lowest BCUT2D eigenvalue weighted by Gasteiger charge is -2.13. The van der Waals surface area contributed by atoms with Gasteiger partial charge in [-0.3, -0.25) is 14.5 Å². The number of fused-ring (bicyclic) bond motifs is 2. The maximum atomic E-state index is 12.3. The summed E-state index contributed by atoms with van der Waals surface area (Å²) < 4.78 is 5.31. The molecule has 0 radical (unpaired) electrons. The molecule has 2 aromatic carbocycles. The first-order valence-corrected chi connectivity index (χ1v) is 9.99. The van der Waals surface area contributed by atoms with E-state index in [1.165, 1.54) is 15.8 Å². The van der Waals surface area contributed by atoms with E-state index in [0.29, 0.717) is 17.7 Å². The number of benzene rings is 2. The molecule has 0 atom stereocenters. The third kappa shape index (κ3) is 3.89. The van der Waals surface area contributed by atoms with Gasteiger partial charge in [-0.25, -0.2) is 0 Å². The van der Waals surface area contributed by atoms with Crippen molar-refractivity contribution in [1.82, 2.24) is 15.2 Å². The van der Waals surface area contributed by atoms with Crippen molar-refractivity contribution in [3.05, 3.63) is 65.4 Å². The standard InChI is InChI=1S/C23H25N3O3/c1-29-17-8-9-21-20(14-17)16(15-25-21)10-12-24-11-4-5-13-26-22(27)18-6-2-3-7-19(18)23(26)28/h2-3,6-9,14-15,24-25H,4-5,10-13H2,1H3. The van der Waals surface area contributed by atoms with E-state index < -0.39 is 0 Å². The number of imide groups is 1. The Kier molecular flexibility index (Phi) is 5.62. The van der Waals surface area contributed by atoms with Crippen LogP contribution in [0.15, 0.2) is 48.7 Å². The van der Waals surface area contributed by atoms with Gasteiger partial charge in [0.2, 0.25) is 0 Å². The molecule has 3 aromatic rings. The van der Waals surface area contributed by atoms with Crippen molar-refractivity contribution in [2.24, 2.45) is 0 Å². The van der Waals surface area contributed by atoms with Crippen molar-refractivity contribution in [3.8, 4) is 5.75 Å². The van der Waals surface area contributed by atoms with E-state index in [9.17, 15) is 9.59 Å². The van der Waals surface area contributed by atoms with Crippen molar-refractivity contribution in [2.75, 3.05) is 26.7 Å². The van der Waals surface area contributed by atoms with Crippen molar-refractivity contribution in [1.29, 1.82) is 0 Å². The summed E-state index contributed by atoms with van der Waals surface area (Å²) >= 11 is 0. The van der Waals surface area contributed by atoms with E-state index in [0.717, 1.165) is 43.6 Å². The van der Waals surface area contributed by atoms with Crippen molar-refractivity contribution in [2.45, 2.75) is 19.3 Å². The fraction of sp³-hybridized carbons (Fsp3) is 0.304. The number of amides is 2. The Bertz CT molecular complexity index is 1010. The highest BCUT2D eigenvalue weighted by molar-refractivity contribution is 6.21. The minimum atomic E-state index is -0.173. The van der Waals surface area contributed by atoms with E-state index in [1.54, 1.807) is 31.4 Å². The molecule has 2 amide bonds. The van der Waals surface area contributed by atoms with Gasteiger partial charge in [-0.1, -0.05) is 12.1 Å². The van der Waals surface area contributed by atoms with Gasteiger partial charge in [-0.2, -0.15) is 0 Å². The second-order valence-corrected chi connectivity index (χ2v) is 7.24. The summed E-state index contributed by atoms with van der Waals surface area (Å²) in [7, 11) is 1.68. The van der Waals surface area contributed by atoms with Crippen LogP contribution in [0, 0.1) is 0 Å². The molecule has 0 bridgehead atoms. The van der Waals surface area contributed by atoms with Gasteiger partial charge in [0.25, 0.3) is 11.8 Å². The van der Waals surface area contributed by atoms with E-state index in [4.69, 9.17) is 4.74 Å². The number of unbranched alkanes of at least 4 members (excludes halogenated alkanes) is 1. The highest BCUT2D eigenvalue weighted by Crippen LogP contribution is 2.24. The zero-order valence-corrected chi connectivity index (χ0v) is 16.5. The quantitative estimate of drug-likeness (QED) is 0.433. The Hall–Kier alpha value is -3.12. The van der Waals surface area contributed by atoms with E-state index in [-0.39, 0.29) is 11.8 Å². The zero-order valence-electron chi connectivity index (χ0n) is 16.5. The first-order chi connectivity index (χ1) is 14.2. The highest BCUT2D eigenvalue weighted by Gasteiger charge is 2.34. The van der Waals surface area contributed by atoms with Gasteiger partial charge in [-0.05, 0) is 68.2 Å². The van der Waals surface area contributed by atoms with Crippen LogP contribution in [0.5, 0.6) is 5.75 Å². The molecule has 1 aromatic heterocycles. The Morgan fingerprint density at radius 3 is 2.48 bits per heavy atom. The Labute approximate surface area is 169 Å². The molecule has 0 saturated heterocycles. The van der Waals surface area contributed by atoms with E-state index >= 15 is 0 Å². The predicted molar refractivity (Wildman–Crippen MR) is 112 cm³/mol. The van der Waals surface area contributed by atoms with Crippen LogP contribution in [0.2, 0.25) is 0 Å². The average Bonchev–Trinajstić information content (AvgIpc) is 3.26. The number of H-pyrrole nitrogens is 1. The SMILES string of the molecule is COc1ccc2[nH]cc(CCNCCCCN3C(=O)c4ccccc4C3=O)c2c1. The van der Waals surface area contributed by atoms with E-state index in [1.807, 2.05) is 18.3 Å². The van der Waals surface area contributed by atoms with Gasteiger partial charge >= 0.3 is 0 Å². The molecule has 150 valence electrons. The molecule has 6 nitrogen and oxygen atoms in total. The number of carbonyl (C=O) groups is 2. The van der Waals surface area contributed by atoms with Crippen LogP contribution in [-0.4, -0.2) is 48.4 Å².